The standard InChI is InChI=1S/C26H29N5/c1-3-4-14-31-17-22-7-5-6-21(27-22)15-30(2)16-23-12-10-19-8-9-20-11-13-24(18-31)29-26(20)25(19)28-23/h5-13H,3-4,14-18H2,1-2H3. The normalized spacial score (nSPS) is 15.7. The summed E-state index contributed by atoms with van der Waals surface area (Å²) in [6, 6.07) is 19.3. The van der Waals surface area contributed by atoms with Crippen molar-refractivity contribution < 1.29 is 0 Å². The maximum atomic E-state index is 5.09. The van der Waals surface area contributed by atoms with Gasteiger partial charge in [-0.15, -0.1) is 0 Å². The fourth-order valence-corrected chi connectivity index (χ4v) is 4.39. The van der Waals surface area contributed by atoms with Crippen molar-refractivity contribution in [2.24, 2.45) is 0 Å². The van der Waals surface area contributed by atoms with Crippen LogP contribution in [0, 0.1) is 0 Å². The lowest BCUT2D eigenvalue weighted by molar-refractivity contribution is 0.246. The highest BCUT2D eigenvalue weighted by atomic mass is 15.1. The molecule has 0 aliphatic carbocycles. The molecule has 5 heteroatoms. The van der Waals surface area contributed by atoms with Crippen LogP contribution in [0.1, 0.15) is 42.5 Å². The summed E-state index contributed by atoms with van der Waals surface area (Å²) in [7, 11) is 2.13. The molecule has 1 aliphatic rings. The summed E-state index contributed by atoms with van der Waals surface area (Å²) in [5.74, 6) is 0. The van der Waals surface area contributed by atoms with Crippen molar-refractivity contribution in [2.75, 3.05) is 13.6 Å². The van der Waals surface area contributed by atoms with Gasteiger partial charge in [-0.05, 0) is 44.3 Å². The van der Waals surface area contributed by atoms with Crippen LogP contribution in [0.2, 0.25) is 0 Å². The maximum Gasteiger partial charge on any atom is 0.0968 e. The highest BCUT2D eigenvalue weighted by molar-refractivity contribution is 6.02. The van der Waals surface area contributed by atoms with Crippen LogP contribution in [-0.4, -0.2) is 38.3 Å². The molecular weight excluding hydrogens is 382 g/mol. The number of fused-ring (bicyclic) bond motifs is 4. The van der Waals surface area contributed by atoms with Gasteiger partial charge in [-0.2, -0.15) is 0 Å². The summed E-state index contributed by atoms with van der Waals surface area (Å²) in [6.45, 7) is 6.52. The lowest BCUT2D eigenvalue weighted by atomic mass is 10.1. The lowest BCUT2D eigenvalue weighted by Crippen LogP contribution is -2.25. The Balaban J connectivity index is 1.63. The van der Waals surface area contributed by atoms with Gasteiger partial charge in [0.2, 0.25) is 0 Å². The van der Waals surface area contributed by atoms with Crippen LogP contribution in [0.25, 0.3) is 21.8 Å². The molecule has 0 unspecified atom stereocenters. The molecule has 0 atom stereocenters. The SMILES string of the molecule is CCCCN1Cc2cccc(n2)CN(C)Cc2ccc3ccc4ccc(nc4c3n2)C1. The van der Waals surface area contributed by atoms with E-state index in [-0.39, 0.29) is 0 Å². The Bertz CT molecular complexity index is 1220. The van der Waals surface area contributed by atoms with Crippen molar-refractivity contribution in [2.45, 2.75) is 45.9 Å². The van der Waals surface area contributed by atoms with E-state index < -0.39 is 0 Å². The topological polar surface area (TPSA) is 45.2 Å². The Kier molecular flexibility index (Phi) is 5.62. The molecule has 5 rings (SSSR count). The zero-order valence-electron chi connectivity index (χ0n) is 18.4. The molecule has 1 aromatic carbocycles. The predicted molar refractivity (Wildman–Crippen MR) is 125 cm³/mol. The Hall–Kier alpha value is -2.89. The van der Waals surface area contributed by atoms with Crippen molar-refractivity contribution in [3.05, 3.63) is 77.4 Å². The van der Waals surface area contributed by atoms with Gasteiger partial charge in [0.1, 0.15) is 0 Å². The Labute approximate surface area is 183 Å². The molecule has 0 spiro atoms. The molecule has 1 aliphatic heterocycles. The van der Waals surface area contributed by atoms with Gasteiger partial charge in [0, 0.05) is 37.0 Å². The van der Waals surface area contributed by atoms with Gasteiger partial charge < -0.3 is 0 Å². The molecule has 4 aromatic rings. The summed E-state index contributed by atoms with van der Waals surface area (Å²) in [4.78, 5) is 19.8. The lowest BCUT2D eigenvalue weighted by Gasteiger charge is -2.22. The number of benzene rings is 1. The van der Waals surface area contributed by atoms with Gasteiger partial charge in [-0.25, -0.2) is 9.97 Å². The number of rotatable bonds is 3. The zero-order valence-corrected chi connectivity index (χ0v) is 18.4. The summed E-state index contributed by atoms with van der Waals surface area (Å²) in [5.41, 5.74) is 6.38. The molecule has 6 bridgehead atoms. The minimum Gasteiger partial charge on any atom is -0.295 e. The third-order valence-electron chi connectivity index (χ3n) is 5.96. The third kappa shape index (κ3) is 4.43. The molecule has 4 heterocycles. The van der Waals surface area contributed by atoms with Gasteiger partial charge in [0.15, 0.2) is 0 Å². The smallest absolute Gasteiger partial charge is 0.0968 e. The molecule has 3 aromatic heterocycles. The first-order valence-electron chi connectivity index (χ1n) is 11.2. The summed E-state index contributed by atoms with van der Waals surface area (Å²) in [6.07, 6.45) is 2.35. The van der Waals surface area contributed by atoms with Crippen LogP contribution in [0.3, 0.4) is 0 Å². The quantitative estimate of drug-likeness (QED) is 0.448. The zero-order chi connectivity index (χ0) is 21.2. The number of unbranched alkanes of at least 4 members (excludes halogenated alkanes) is 1. The van der Waals surface area contributed by atoms with Crippen molar-refractivity contribution in [1.82, 2.24) is 24.8 Å². The van der Waals surface area contributed by atoms with Crippen LogP contribution >= 0.6 is 0 Å². The predicted octanol–water partition coefficient (Wildman–Crippen LogP) is 4.93. The van der Waals surface area contributed by atoms with Crippen LogP contribution in [0.4, 0.5) is 0 Å². The van der Waals surface area contributed by atoms with Crippen LogP contribution in [-0.2, 0) is 26.2 Å². The van der Waals surface area contributed by atoms with E-state index in [2.05, 4.69) is 78.4 Å². The molecule has 0 fully saturated rings. The van der Waals surface area contributed by atoms with E-state index in [1.54, 1.807) is 0 Å². The minimum atomic E-state index is 0.778. The highest BCUT2D eigenvalue weighted by Gasteiger charge is 2.13. The molecule has 0 saturated carbocycles. The monoisotopic (exact) mass is 411 g/mol. The highest BCUT2D eigenvalue weighted by Crippen LogP contribution is 2.24. The van der Waals surface area contributed by atoms with Gasteiger partial charge in [0.05, 0.1) is 33.8 Å². The van der Waals surface area contributed by atoms with E-state index in [0.717, 1.165) is 77.3 Å². The molecule has 0 amide bonds. The fourth-order valence-electron chi connectivity index (χ4n) is 4.39. The third-order valence-corrected chi connectivity index (χ3v) is 5.96. The second-order valence-corrected chi connectivity index (χ2v) is 8.67. The summed E-state index contributed by atoms with van der Waals surface area (Å²) < 4.78 is 0. The molecular formula is C26H29N5. The molecule has 31 heavy (non-hydrogen) atoms. The Morgan fingerprint density at radius 3 is 1.81 bits per heavy atom. The first-order chi connectivity index (χ1) is 15.2. The molecule has 0 N–H and O–H groups in total. The second-order valence-electron chi connectivity index (χ2n) is 8.67. The summed E-state index contributed by atoms with van der Waals surface area (Å²) in [5, 5.41) is 2.29. The minimum absolute atomic E-state index is 0.778. The van der Waals surface area contributed by atoms with Gasteiger partial charge in [0.25, 0.3) is 0 Å². The second kappa shape index (κ2) is 8.69. The molecule has 0 saturated heterocycles. The van der Waals surface area contributed by atoms with E-state index in [0.29, 0.717) is 0 Å². The Morgan fingerprint density at radius 1 is 0.677 bits per heavy atom. The van der Waals surface area contributed by atoms with Crippen molar-refractivity contribution in [3.63, 3.8) is 0 Å². The number of pyridine rings is 3. The molecule has 5 nitrogen and oxygen atoms in total. The molecule has 158 valence electrons. The number of hydrogen-bond acceptors (Lipinski definition) is 5. The van der Waals surface area contributed by atoms with Gasteiger partial charge in [-0.1, -0.05) is 43.7 Å². The average Bonchev–Trinajstić information content (AvgIpc) is 2.77. The van der Waals surface area contributed by atoms with E-state index in [1.807, 2.05) is 0 Å². The maximum absolute atomic E-state index is 5.09. The largest absolute Gasteiger partial charge is 0.295 e. The van der Waals surface area contributed by atoms with Crippen LogP contribution in [0.5, 0.6) is 0 Å². The van der Waals surface area contributed by atoms with E-state index in [1.165, 1.54) is 12.8 Å². The van der Waals surface area contributed by atoms with Crippen molar-refractivity contribution in [1.29, 1.82) is 0 Å². The van der Waals surface area contributed by atoms with Gasteiger partial charge in [-0.3, -0.25) is 14.8 Å². The number of aromatic nitrogens is 3. The molecule has 0 radical (unpaired) electrons. The fraction of sp³-hybridized carbons (Fsp3) is 0.346. The summed E-state index contributed by atoms with van der Waals surface area (Å²) >= 11 is 0. The van der Waals surface area contributed by atoms with E-state index in [4.69, 9.17) is 15.0 Å². The van der Waals surface area contributed by atoms with Gasteiger partial charge >= 0.3 is 0 Å². The average molecular weight is 412 g/mol. The van der Waals surface area contributed by atoms with Crippen LogP contribution < -0.4 is 0 Å². The number of nitrogens with zero attached hydrogens (tertiary/aromatic N) is 5. The van der Waals surface area contributed by atoms with E-state index >= 15 is 0 Å². The van der Waals surface area contributed by atoms with E-state index in [9.17, 15) is 0 Å². The van der Waals surface area contributed by atoms with Crippen molar-refractivity contribution in [3.8, 4) is 0 Å². The first kappa shape index (κ1) is 20.0. The Morgan fingerprint density at radius 2 is 1.19 bits per heavy atom. The first-order valence-corrected chi connectivity index (χ1v) is 11.2. The van der Waals surface area contributed by atoms with Crippen molar-refractivity contribution >= 4 is 21.8 Å². The number of hydrogen-bond donors (Lipinski definition) is 0. The van der Waals surface area contributed by atoms with Crippen LogP contribution in [0.15, 0.2) is 54.6 Å².